The summed E-state index contributed by atoms with van der Waals surface area (Å²) in [4.78, 5) is 11.4. The highest BCUT2D eigenvalue weighted by atomic mass is 79.9. The highest BCUT2D eigenvalue weighted by Gasteiger charge is 2.32. The second-order valence-electron chi connectivity index (χ2n) is 4.35. The maximum Gasteiger partial charge on any atom is 0.373 e. The highest BCUT2D eigenvalue weighted by Crippen LogP contribution is 2.36. The minimum Gasteiger partial charge on any atom is -0.463 e. The summed E-state index contributed by atoms with van der Waals surface area (Å²) in [6.45, 7) is 1.54. The molecule has 0 fully saturated rings. The van der Waals surface area contributed by atoms with E-state index in [4.69, 9.17) is 16.0 Å². The van der Waals surface area contributed by atoms with Gasteiger partial charge in [0.1, 0.15) is 11.4 Å². The Balaban J connectivity index is 2.43. The van der Waals surface area contributed by atoms with Gasteiger partial charge in [-0.1, -0.05) is 33.6 Å². The third-order valence-corrected chi connectivity index (χ3v) is 3.73. The normalized spacial score (nSPS) is 13.8. The van der Waals surface area contributed by atoms with Crippen LogP contribution in [0.2, 0.25) is 5.02 Å². The van der Waals surface area contributed by atoms with Crippen molar-refractivity contribution in [3.8, 4) is 0 Å². The van der Waals surface area contributed by atoms with Crippen LogP contribution in [0, 0.1) is 0 Å². The largest absolute Gasteiger partial charge is 0.463 e. The first kappa shape index (κ1) is 15.1. The molecule has 1 unspecified atom stereocenters. The monoisotopic (exact) mass is 358 g/mol. The maximum atomic E-state index is 11.4. The van der Waals surface area contributed by atoms with Crippen molar-refractivity contribution in [2.24, 2.45) is 0 Å². The van der Waals surface area contributed by atoms with Gasteiger partial charge < -0.3 is 14.3 Å². The summed E-state index contributed by atoms with van der Waals surface area (Å²) < 4.78 is 10.7. The molecule has 0 radical (unpaired) electrons. The number of halogens is 2. The molecule has 2 aromatic rings. The molecule has 0 aliphatic heterocycles. The van der Waals surface area contributed by atoms with E-state index >= 15 is 0 Å². The van der Waals surface area contributed by atoms with E-state index in [1.165, 1.54) is 19.2 Å². The van der Waals surface area contributed by atoms with Crippen LogP contribution in [0.25, 0.3) is 0 Å². The van der Waals surface area contributed by atoms with E-state index in [1.807, 2.05) is 0 Å². The smallest absolute Gasteiger partial charge is 0.373 e. The van der Waals surface area contributed by atoms with Crippen LogP contribution in [0.1, 0.15) is 28.8 Å². The van der Waals surface area contributed by atoms with Gasteiger partial charge in [-0.3, -0.25) is 0 Å². The zero-order valence-corrected chi connectivity index (χ0v) is 13.2. The highest BCUT2D eigenvalue weighted by molar-refractivity contribution is 9.10. The van der Waals surface area contributed by atoms with Gasteiger partial charge in [-0.05, 0) is 31.2 Å². The number of aliphatic hydroxyl groups is 1. The van der Waals surface area contributed by atoms with Crippen molar-refractivity contribution in [3.63, 3.8) is 0 Å². The molecule has 1 atom stereocenters. The fraction of sp³-hybridized carbons (Fsp3) is 0.214. The van der Waals surface area contributed by atoms with Gasteiger partial charge in [0.25, 0.3) is 0 Å². The van der Waals surface area contributed by atoms with Gasteiger partial charge in [0.2, 0.25) is 5.76 Å². The Hall–Kier alpha value is -1.30. The summed E-state index contributed by atoms with van der Waals surface area (Å²) in [7, 11) is 1.26. The number of hydrogen-bond acceptors (Lipinski definition) is 4. The molecule has 2 rings (SSSR count). The van der Waals surface area contributed by atoms with Gasteiger partial charge in [0.15, 0.2) is 0 Å². The quantitative estimate of drug-likeness (QED) is 0.848. The Labute approximate surface area is 129 Å². The molecule has 20 heavy (non-hydrogen) atoms. The van der Waals surface area contributed by atoms with Crippen LogP contribution in [0.4, 0.5) is 0 Å². The standard InChI is InChI=1S/C14H12BrClO4/c1-14(18,9-4-3-8(15)7-10(9)16)12-6-5-11(20-12)13(17)19-2/h3-7,18H,1-2H3. The van der Waals surface area contributed by atoms with Gasteiger partial charge in [-0.2, -0.15) is 0 Å². The van der Waals surface area contributed by atoms with Crippen molar-refractivity contribution in [1.82, 2.24) is 0 Å². The first-order chi connectivity index (χ1) is 9.36. The Morgan fingerprint density at radius 3 is 2.70 bits per heavy atom. The molecular weight excluding hydrogens is 348 g/mol. The van der Waals surface area contributed by atoms with Crippen LogP contribution < -0.4 is 0 Å². The molecule has 0 spiro atoms. The van der Waals surface area contributed by atoms with Crippen molar-refractivity contribution in [3.05, 3.63) is 56.9 Å². The molecule has 0 saturated carbocycles. The summed E-state index contributed by atoms with van der Waals surface area (Å²) in [5.74, 6) is -0.368. The maximum absolute atomic E-state index is 11.4. The van der Waals surface area contributed by atoms with Crippen molar-refractivity contribution < 1.29 is 19.1 Å². The number of rotatable bonds is 3. The Morgan fingerprint density at radius 2 is 2.10 bits per heavy atom. The summed E-state index contributed by atoms with van der Waals surface area (Å²) in [6, 6.07) is 8.09. The lowest BCUT2D eigenvalue weighted by atomic mass is 9.93. The van der Waals surface area contributed by atoms with E-state index in [9.17, 15) is 9.90 Å². The summed E-state index contributed by atoms with van der Waals surface area (Å²) in [5.41, 5.74) is -0.975. The number of methoxy groups -OCH3 is 1. The number of carbonyl (C=O) groups excluding carboxylic acids is 1. The third kappa shape index (κ3) is 2.75. The van der Waals surface area contributed by atoms with Crippen molar-refractivity contribution in [1.29, 1.82) is 0 Å². The van der Waals surface area contributed by atoms with Gasteiger partial charge in [-0.25, -0.2) is 4.79 Å². The van der Waals surface area contributed by atoms with Gasteiger partial charge >= 0.3 is 5.97 Å². The molecule has 0 saturated heterocycles. The number of carbonyl (C=O) groups is 1. The molecule has 6 heteroatoms. The third-order valence-electron chi connectivity index (χ3n) is 2.93. The fourth-order valence-corrected chi connectivity index (χ4v) is 2.68. The molecule has 0 aliphatic rings. The molecule has 4 nitrogen and oxygen atoms in total. The molecule has 1 N–H and O–H groups in total. The van der Waals surface area contributed by atoms with E-state index in [1.54, 1.807) is 25.1 Å². The number of ether oxygens (including phenoxy) is 1. The van der Waals surface area contributed by atoms with Crippen LogP contribution >= 0.6 is 27.5 Å². The van der Waals surface area contributed by atoms with Crippen LogP contribution in [-0.4, -0.2) is 18.2 Å². The topological polar surface area (TPSA) is 59.7 Å². The van der Waals surface area contributed by atoms with Crippen LogP contribution in [0.5, 0.6) is 0 Å². The predicted octanol–water partition coefficient (Wildman–Crippen LogP) is 3.74. The minimum atomic E-state index is -1.45. The van der Waals surface area contributed by atoms with E-state index in [0.717, 1.165) is 4.47 Å². The lowest BCUT2D eigenvalue weighted by molar-refractivity contribution is 0.0522. The average Bonchev–Trinajstić information content (AvgIpc) is 2.87. The van der Waals surface area contributed by atoms with Crippen LogP contribution in [0.3, 0.4) is 0 Å². The molecule has 1 aromatic carbocycles. The van der Waals surface area contributed by atoms with E-state index in [-0.39, 0.29) is 11.5 Å². The lowest BCUT2D eigenvalue weighted by Crippen LogP contribution is -2.22. The average molecular weight is 360 g/mol. The number of esters is 1. The zero-order chi connectivity index (χ0) is 14.9. The molecule has 1 heterocycles. The van der Waals surface area contributed by atoms with Gasteiger partial charge in [0, 0.05) is 15.1 Å². The van der Waals surface area contributed by atoms with Gasteiger partial charge in [0.05, 0.1) is 7.11 Å². The molecule has 0 amide bonds. The van der Waals surface area contributed by atoms with Crippen LogP contribution in [-0.2, 0) is 10.3 Å². The van der Waals surface area contributed by atoms with Gasteiger partial charge in [-0.15, -0.1) is 0 Å². The summed E-state index contributed by atoms with van der Waals surface area (Å²) in [5, 5.41) is 11.0. The van der Waals surface area contributed by atoms with E-state index in [0.29, 0.717) is 10.6 Å². The second-order valence-corrected chi connectivity index (χ2v) is 5.67. The first-order valence-electron chi connectivity index (χ1n) is 5.73. The Morgan fingerprint density at radius 1 is 1.40 bits per heavy atom. The number of hydrogen-bond donors (Lipinski definition) is 1. The van der Waals surface area contributed by atoms with Crippen LogP contribution in [0.15, 0.2) is 39.2 Å². The van der Waals surface area contributed by atoms with Crippen molar-refractivity contribution >= 4 is 33.5 Å². The van der Waals surface area contributed by atoms with E-state index in [2.05, 4.69) is 20.7 Å². The minimum absolute atomic E-state index is 0.0241. The Kier molecular flexibility index (Phi) is 4.22. The molecule has 1 aromatic heterocycles. The summed E-state index contributed by atoms with van der Waals surface area (Å²) >= 11 is 9.44. The first-order valence-corrected chi connectivity index (χ1v) is 6.90. The van der Waals surface area contributed by atoms with Crippen molar-refractivity contribution in [2.45, 2.75) is 12.5 Å². The fourth-order valence-electron chi connectivity index (χ4n) is 1.83. The number of furan rings is 1. The Bertz CT molecular complexity index is 648. The lowest BCUT2D eigenvalue weighted by Gasteiger charge is -2.22. The molecule has 0 aliphatic carbocycles. The second kappa shape index (κ2) is 5.60. The molecule has 106 valence electrons. The zero-order valence-electron chi connectivity index (χ0n) is 10.8. The van der Waals surface area contributed by atoms with E-state index < -0.39 is 11.6 Å². The summed E-state index contributed by atoms with van der Waals surface area (Å²) in [6.07, 6.45) is 0. The SMILES string of the molecule is COC(=O)c1ccc(C(C)(O)c2ccc(Br)cc2Cl)o1. The molecular formula is C14H12BrClO4. The predicted molar refractivity (Wildman–Crippen MR) is 77.9 cm³/mol. The number of benzene rings is 1. The van der Waals surface area contributed by atoms with Crippen molar-refractivity contribution in [2.75, 3.05) is 7.11 Å². The molecule has 0 bridgehead atoms.